The van der Waals surface area contributed by atoms with Crippen LogP contribution >= 0.6 is 0 Å². The Bertz CT molecular complexity index is 212. The first kappa shape index (κ1) is 13.5. The zero-order valence-corrected chi connectivity index (χ0v) is 10.2. The maximum Gasteiger partial charge on any atom is 0.332 e. The average Bonchev–Trinajstić information content (AvgIpc) is 2.28. The van der Waals surface area contributed by atoms with Crippen molar-refractivity contribution in [3.63, 3.8) is 0 Å². The molecule has 1 fully saturated rings. The van der Waals surface area contributed by atoms with Gasteiger partial charge in [-0.05, 0) is 38.6 Å². The maximum atomic E-state index is 10.8. The molecule has 0 bridgehead atoms. The summed E-state index contributed by atoms with van der Waals surface area (Å²) < 4.78 is 5.60. The van der Waals surface area contributed by atoms with Crippen molar-refractivity contribution in [1.82, 2.24) is 5.32 Å². The molecule has 0 aromatic heterocycles. The topological polar surface area (TPSA) is 58.6 Å². The molecule has 0 amide bonds. The van der Waals surface area contributed by atoms with Crippen molar-refractivity contribution in [2.75, 3.05) is 6.54 Å². The Balaban J connectivity index is 2.28. The van der Waals surface area contributed by atoms with Gasteiger partial charge in [-0.1, -0.05) is 13.8 Å². The second kappa shape index (κ2) is 6.86. The monoisotopic (exact) mass is 229 g/mol. The molecule has 1 saturated carbocycles. The van der Waals surface area contributed by atoms with Gasteiger partial charge in [0.05, 0.1) is 6.10 Å². The van der Waals surface area contributed by atoms with E-state index in [1.165, 1.54) is 0 Å². The van der Waals surface area contributed by atoms with Gasteiger partial charge in [0.25, 0.3) is 0 Å². The van der Waals surface area contributed by atoms with Crippen LogP contribution < -0.4 is 5.32 Å². The number of rotatable bonds is 6. The molecule has 0 aliphatic heterocycles. The molecular formula is C12H23NO3. The average molecular weight is 229 g/mol. The standard InChI is InChI=1S/C12H23NO3/c1-3-11(12(14)15)16-10-7-5-9(6-8-10)13-4-2/h9-11,13H,3-8H2,1-2H3,(H,14,15). The van der Waals surface area contributed by atoms with Crippen LogP contribution in [0.1, 0.15) is 46.0 Å². The van der Waals surface area contributed by atoms with Gasteiger partial charge in [-0.2, -0.15) is 0 Å². The summed E-state index contributed by atoms with van der Waals surface area (Å²) >= 11 is 0. The van der Waals surface area contributed by atoms with Crippen LogP contribution in [0.5, 0.6) is 0 Å². The SMILES string of the molecule is CCNC1CCC(OC(CC)C(=O)O)CC1. The summed E-state index contributed by atoms with van der Waals surface area (Å²) in [6.07, 6.45) is 4.19. The number of hydrogen-bond acceptors (Lipinski definition) is 3. The van der Waals surface area contributed by atoms with Crippen molar-refractivity contribution < 1.29 is 14.6 Å². The summed E-state index contributed by atoms with van der Waals surface area (Å²) in [5, 5.41) is 12.3. The lowest BCUT2D eigenvalue weighted by Gasteiger charge is -2.30. The van der Waals surface area contributed by atoms with Gasteiger partial charge in [0.15, 0.2) is 6.10 Å². The van der Waals surface area contributed by atoms with E-state index in [4.69, 9.17) is 9.84 Å². The van der Waals surface area contributed by atoms with E-state index in [0.29, 0.717) is 12.5 Å². The molecule has 4 heteroatoms. The summed E-state index contributed by atoms with van der Waals surface area (Å²) in [5.41, 5.74) is 0. The van der Waals surface area contributed by atoms with Crippen LogP contribution in [-0.2, 0) is 9.53 Å². The minimum absolute atomic E-state index is 0.135. The van der Waals surface area contributed by atoms with Crippen LogP contribution in [0.25, 0.3) is 0 Å². The molecule has 1 rings (SSSR count). The van der Waals surface area contributed by atoms with Gasteiger partial charge in [-0.25, -0.2) is 4.79 Å². The number of hydrogen-bond donors (Lipinski definition) is 2. The Kier molecular flexibility index (Phi) is 5.77. The lowest BCUT2D eigenvalue weighted by molar-refractivity contribution is -0.155. The predicted octanol–water partition coefficient (Wildman–Crippen LogP) is 1.79. The summed E-state index contributed by atoms with van der Waals surface area (Å²) in [4.78, 5) is 10.8. The van der Waals surface area contributed by atoms with E-state index < -0.39 is 12.1 Å². The largest absolute Gasteiger partial charge is 0.479 e. The fourth-order valence-electron chi connectivity index (χ4n) is 2.25. The van der Waals surface area contributed by atoms with Gasteiger partial charge in [-0.15, -0.1) is 0 Å². The van der Waals surface area contributed by atoms with E-state index in [0.717, 1.165) is 32.2 Å². The molecule has 1 unspecified atom stereocenters. The van der Waals surface area contributed by atoms with Gasteiger partial charge in [0, 0.05) is 6.04 Å². The van der Waals surface area contributed by atoms with E-state index in [-0.39, 0.29) is 6.10 Å². The number of carboxylic acid groups (broad SMARTS) is 1. The van der Waals surface area contributed by atoms with Crippen molar-refractivity contribution in [2.24, 2.45) is 0 Å². The number of carbonyl (C=O) groups is 1. The van der Waals surface area contributed by atoms with Gasteiger partial charge < -0.3 is 15.2 Å². The minimum atomic E-state index is -0.837. The highest BCUT2D eigenvalue weighted by molar-refractivity contribution is 5.72. The molecule has 1 aliphatic carbocycles. The molecule has 16 heavy (non-hydrogen) atoms. The van der Waals surface area contributed by atoms with E-state index >= 15 is 0 Å². The van der Waals surface area contributed by atoms with Gasteiger partial charge in [0.2, 0.25) is 0 Å². The normalized spacial score (nSPS) is 27.6. The number of nitrogens with one attached hydrogen (secondary N) is 1. The number of aliphatic carboxylic acids is 1. The highest BCUT2D eigenvalue weighted by Crippen LogP contribution is 2.22. The second-order valence-electron chi connectivity index (χ2n) is 4.40. The van der Waals surface area contributed by atoms with Gasteiger partial charge in [-0.3, -0.25) is 0 Å². The Morgan fingerprint density at radius 3 is 2.44 bits per heavy atom. The summed E-state index contributed by atoms with van der Waals surface area (Å²) in [7, 11) is 0. The fraction of sp³-hybridized carbons (Fsp3) is 0.917. The lowest BCUT2D eigenvalue weighted by Crippen LogP contribution is -2.37. The molecule has 1 atom stereocenters. The Morgan fingerprint density at radius 1 is 1.38 bits per heavy atom. The Morgan fingerprint density at radius 2 is 2.00 bits per heavy atom. The first-order valence-electron chi connectivity index (χ1n) is 6.29. The molecular weight excluding hydrogens is 206 g/mol. The van der Waals surface area contributed by atoms with Crippen LogP contribution in [0.4, 0.5) is 0 Å². The van der Waals surface area contributed by atoms with E-state index in [1.807, 2.05) is 6.92 Å². The molecule has 0 heterocycles. The third kappa shape index (κ3) is 4.10. The summed E-state index contributed by atoms with van der Waals surface area (Å²) in [6, 6.07) is 0.592. The minimum Gasteiger partial charge on any atom is -0.479 e. The summed E-state index contributed by atoms with van der Waals surface area (Å²) in [6.45, 7) is 4.96. The quantitative estimate of drug-likeness (QED) is 0.729. The predicted molar refractivity (Wildman–Crippen MR) is 62.5 cm³/mol. The highest BCUT2D eigenvalue weighted by Gasteiger charge is 2.25. The molecule has 94 valence electrons. The Labute approximate surface area is 97.4 Å². The van der Waals surface area contributed by atoms with Crippen LogP contribution in [-0.4, -0.2) is 35.9 Å². The van der Waals surface area contributed by atoms with Crippen LogP contribution in [0.15, 0.2) is 0 Å². The number of ether oxygens (including phenoxy) is 1. The van der Waals surface area contributed by atoms with Crippen molar-refractivity contribution in [1.29, 1.82) is 0 Å². The molecule has 1 aliphatic rings. The zero-order valence-electron chi connectivity index (χ0n) is 10.2. The van der Waals surface area contributed by atoms with Crippen molar-refractivity contribution in [3.8, 4) is 0 Å². The van der Waals surface area contributed by atoms with Crippen molar-refractivity contribution in [2.45, 2.75) is 64.2 Å². The van der Waals surface area contributed by atoms with Crippen LogP contribution in [0.2, 0.25) is 0 Å². The third-order valence-electron chi connectivity index (χ3n) is 3.17. The zero-order chi connectivity index (χ0) is 12.0. The van der Waals surface area contributed by atoms with E-state index in [2.05, 4.69) is 12.2 Å². The highest BCUT2D eigenvalue weighted by atomic mass is 16.5. The number of carboxylic acids is 1. The molecule has 0 aromatic rings. The lowest BCUT2D eigenvalue weighted by atomic mass is 9.93. The van der Waals surface area contributed by atoms with Crippen LogP contribution in [0, 0.1) is 0 Å². The van der Waals surface area contributed by atoms with Gasteiger partial charge in [0.1, 0.15) is 0 Å². The van der Waals surface area contributed by atoms with E-state index in [1.54, 1.807) is 0 Å². The first-order valence-corrected chi connectivity index (χ1v) is 6.29. The molecule has 0 aromatic carbocycles. The fourth-order valence-corrected chi connectivity index (χ4v) is 2.25. The smallest absolute Gasteiger partial charge is 0.332 e. The summed E-state index contributed by atoms with van der Waals surface area (Å²) in [5.74, 6) is -0.837. The second-order valence-corrected chi connectivity index (χ2v) is 4.40. The molecule has 0 spiro atoms. The van der Waals surface area contributed by atoms with Gasteiger partial charge >= 0.3 is 5.97 Å². The third-order valence-corrected chi connectivity index (χ3v) is 3.17. The molecule has 0 radical (unpaired) electrons. The molecule has 0 saturated heterocycles. The molecule has 2 N–H and O–H groups in total. The van der Waals surface area contributed by atoms with Crippen molar-refractivity contribution >= 4 is 5.97 Å². The first-order chi connectivity index (χ1) is 7.67. The molecule has 4 nitrogen and oxygen atoms in total. The maximum absolute atomic E-state index is 10.8. The van der Waals surface area contributed by atoms with Crippen molar-refractivity contribution in [3.05, 3.63) is 0 Å². The van der Waals surface area contributed by atoms with Crippen LogP contribution in [0.3, 0.4) is 0 Å². The Hall–Kier alpha value is -0.610. The van der Waals surface area contributed by atoms with E-state index in [9.17, 15) is 4.79 Å².